The number of nitrogens with zero attached hydrogens (tertiary/aromatic N) is 2. The normalized spacial score (nSPS) is 12.4. The summed E-state index contributed by atoms with van der Waals surface area (Å²) < 4.78 is 5.24. The summed E-state index contributed by atoms with van der Waals surface area (Å²) in [5.74, 6) is -0.840. The number of ketones is 1. The number of carbonyl (C=O) groups is 2. The third-order valence-corrected chi connectivity index (χ3v) is 3.07. The predicted molar refractivity (Wildman–Crippen MR) is 86.1 cm³/mol. The molecule has 0 aromatic carbocycles. The fourth-order valence-electron chi connectivity index (χ4n) is 1.93. The van der Waals surface area contributed by atoms with Gasteiger partial charge in [0.1, 0.15) is 11.7 Å². The van der Waals surface area contributed by atoms with Crippen molar-refractivity contribution in [1.82, 2.24) is 10.3 Å². The van der Waals surface area contributed by atoms with Crippen LogP contribution in [0, 0.1) is 17.2 Å². The average molecular weight is 338 g/mol. The van der Waals surface area contributed by atoms with Gasteiger partial charge in [-0.05, 0) is 32.8 Å². The van der Waals surface area contributed by atoms with Crippen LogP contribution in [-0.4, -0.2) is 22.5 Å². The molecular formula is C16H20ClN3O3. The van der Waals surface area contributed by atoms with Crippen molar-refractivity contribution >= 4 is 23.5 Å². The van der Waals surface area contributed by atoms with E-state index in [9.17, 15) is 9.59 Å². The summed E-state index contributed by atoms with van der Waals surface area (Å²) in [5, 5.41) is 11.8. The Morgan fingerprint density at radius 1 is 1.39 bits per heavy atom. The minimum atomic E-state index is -0.758. The van der Waals surface area contributed by atoms with E-state index in [1.54, 1.807) is 26.8 Å². The van der Waals surface area contributed by atoms with E-state index in [2.05, 4.69) is 10.3 Å². The first-order valence-corrected chi connectivity index (χ1v) is 7.52. The monoisotopic (exact) mass is 337 g/mol. The molecule has 0 bridgehead atoms. The standard InChI is InChI=1S/C16H20ClN3O3/c1-9(2)13(20-15(22)23-16(3,4)5)14-11(12(21)7-18)6-10(17)8-19-14/h6,8-9,13H,1-5H3,(H,20,22)/t13-/m1/s1. The van der Waals surface area contributed by atoms with Gasteiger partial charge in [0.05, 0.1) is 22.3 Å². The lowest BCUT2D eigenvalue weighted by atomic mass is 9.95. The topological polar surface area (TPSA) is 92.1 Å². The van der Waals surface area contributed by atoms with E-state index in [1.165, 1.54) is 12.3 Å². The molecule has 7 heteroatoms. The fraction of sp³-hybridized carbons (Fsp3) is 0.500. The molecule has 1 atom stereocenters. The highest BCUT2D eigenvalue weighted by Crippen LogP contribution is 2.26. The van der Waals surface area contributed by atoms with Gasteiger partial charge in [-0.25, -0.2) is 4.79 Å². The van der Waals surface area contributed by atoms with Crippen LogP contribution in [0.5, 0.6) is 0 Å². The zero-order chi connectivity index (χ0) is 17.8. The van der Waals surface area contributed by atoms with E-state index in [1.807, 2.05) is 13.8 Å². The van der Waals surface area contributed by atoms with Crippen LogP contribution in [0.4, 0.5) is 4.79 Å². The van der Waals surface area contributed by atoms with Gasteiger partial charge in [0.25, 0.3) is 5.78 Å². The van der Waals surface area contributed by atoms with Gasteiger partial charge in [-0.15, -0.1) is 0 Å². The Morgan fingerprint density at radius 3 is 2.48 bits per heavy atom. The number of hydrogen-bond acceptors (Lipinski definition) is 5. The van der Waals surface area contributed by atoms with Gasteiger partial charge < -0.3 is 10.1 Å². The summed E-state index contributed by atoms with van der Waals surface area (Å²) in [6.45, 7) is 8.98. The molecule has 23 heavy (non-hydrogen) atoms. The molecule has 0 aliphatic heterocycles. The van der Waals surface area contributed by atoms with Gasteiger partial charge in [0, 0.05) is 6.20 Å². The highest BCUT2D eigenvalue weighted by molar-refractivity contribution is 6.31. The summed E-state index contributed by atoms with van der Waals surface area (Å²) in [6.07, 6.45) is 0.750. The molecule has 0 saturated carbocycles. The minimum absolute atomic E-state index is 0.0785. The first kappa shape index (κ1) is 18.9. The number of aromatic nitrogens is 1. The second kappa shape index (κ2) is 7.42. The second-order valence-electron chi connectivity index (χ2n) is 6.40. The third-order valence-electron chi connectivity index (χ3n) is 2.86. The Kier molecular flexibility index (Phi) is 6.11. The number of halogens is 1. The molecule has 6 nitrogen and oxygen atoms in total. The van der Waals surface area contributed by atoms with E-state index in [4.69, 9.17) is 21.6 Å². The summed E-state index contributed by atoms with van der Waals surface area (Å²) in [4.78, 5) is 28.0. The van der Waals surface area contributed by atoms with Crippen molar-refractivity contribution in [2.45, 2.75) is 46.3 Å². The minimum Gasteiger partial charge on any atom is -0.444 e. The second-order valence-corrected chi connectivity index (χ2v) is 6.83. The maximum absolute atomic E-state index is 12.0. The Hall–Kier alpha value is -2.13. The maximum Gasteiger partial charge on any atom is 0.408 e. The number of nitrogens with one attached hydrogen (secondary N) is 1. The van der Waals surface area contributed by atoms with E-state index < -0.39 is 23.5 Å². The predicted octanol–water partition coefficient (Wildman–Crippen LogP) is 3.66. The van der Waals surface area contributed by atoms with Crippen LogP contribution in [0.2, 0.25) is 5.02 Å². The molecule has 1 N–H and O–H groups in total. The van der Waals surface area contributed by atoms with Gasteiger partial charge in [0.2, 0.25) is 0 Å². The maximum atomic E-state index is 12.0. The molecule has 1 aromatic rings. The average Bonchev–Trinajstić information content (AvgIpc) is 2.42. The highest BCUT2D eigenvalue weighted by atomic mass is 35.5. The lowest BCUT2D eigenvalue weighted by Crippen LogP contribution is -2.37. The van der Waals surface area contributed by atoms with E-state index >= 15 is 0 Å². The molecular weight excluding hydrogens is 318 g/mol. The van der Waals surface area contributed by atoms with Crippen LogP contribution in [0.15, 0.2) is 12.3 Å². The molecule has 0 aliphatic carbocycles. The van der Waals surface area contributed by atoms with Crippen LogP contribution in [-0.2, 0) is 4.74 Å². The molecule has 1 aromatic heterocycles. The molecule has 0 aliphatic rings. The van der Waals surface area contributed by atoms with Crippen molar-refractivity contribution in [3.63, 3.8) is 0 Å². The summed E-state index contributed by atoms with van der Waals surface area (Å²) in [5.41, 5.74) is -0.277. The first-order valence-electron chi connectivity index (χ1n) is 7.14. The van der Waals surface area contributed by atoms with Crippen LogP contribution < -0.4 is 5.32 Å². The van der Waals surface area contributed by atoms with Crippen molar-refractivity contribution in [3.05, 3.63) is 28.5 Å². The molecule has 0 radical (unpaired) electrons. The zero-order valence-electron chi connectivity index (χ0n) is 13.8. The lowest BCUT2D eigenvalue weighted by molar-refractivity contribution is 0.0487. The first-order chi connectivity index (χ1) is 10.5. The number of ether oxygens (including phenoxy) is 1. The molecule has 1 amide bonds. The smallest absolute Gasteiger partial charge is 0.408 e. The molecule has 0 spiro atoms. The summed E-state index contributed by atoms with van der Waals surface area (Å²) in [7, 11) is 0. The molecule has 0 unspecified atom stereocenters. The van der Waals surface area contributed by atoms with Gasteiger partial charge in [-0.1, -0.05) is 25.4 Å². The van der Waals surface area contributed by atoms with E-state index in [0.29, 0.717) is 5.69 Å². The quantitative estimate of drug-likeness (QED) is 0.668. The van der Waals surface area contributed by atoms with Gasteiger partial charge in [0.15, 0.2) is 0 Å². The van der Waals surface area contributed by atoms with Crippen LogP contribution >= 0.6 is 11.6 Å². The van der Waals surface area contributed by atoms with E-state index in [0.717, 1.165) is 0 Å². The fourth-order valence-corrected chi connectivity index (χ4v) is 2.08. The Bertz CT molecular complexity index is 645. The number of rotatable bonds is 4. The van der Waals surface area contributed by atoms with Crippen molar-refractivity contribution in [1.29, 1.82) is 5.26 Å². The van der Waals surface area contributed by atoms with Crippen LogP contribution in [0.3, 0.4) is 0 Å². The molecule has 124 valence electrons. The van der Waals surface area contributed by atoms with Crippen LogP contribution in [0.25, 0.3) is 0 Å². The van der Waals surface area contributed by atoms with Gasteiger partial charge >= 0.3 is 6.09 Å². The van der Waals surface area contributed by atoms with Crippen LogP contribution in [0.1, 0.15) is 56.7 Å². The van der Waals surface area contributed by atoms with Crippen molar-refractivity contribution in [2.75, 3.05) is 0 Å². The molecule has 0 saturated heterocycles. The number of pyridine rings is 1. The Morgan fingerprint density at radius 2 is 2.00 bits per heavy atom. The number of alkyl carbamates (subject to hydrolysis) is 1. The number of nitriles is 1. The van der Waals surface area contributed by atoms with Gasteiger partial charge in [-0.2, -0.15) is 5.26 Å². The van der Waals surface area contributed by atoms with Gasteiger partial charge in [-0.3, -0.25) is 9.78 Å². The molecule has 1 rings (SSSR count). The van der Waals surface area contributed by atoms with E-state index in [-0.39, 0.29) is 16.5 Å². The van der Waals surface area contributed by atoms with Crippen molar-refractivity contribution in [2.24, 2.45) is 5.92 Å². The SMILES string of the molecule is CC(C)[C@@H](NC(=O)OC(C)(C)C)c1ncc(Cl)cc1C(=O)C#N. The summed E-state index contributed by atoms with van der Waals surface area (Å²) in [6, 6.07) is 2.34. The van der Waals surface area contributed by atoms with Crippen molar-refractivity contribution < 1.29 is 14.3 Å². The van der Waals surface area contributed by atoms with Crippen molar-refractivity contribution in [3.8, 4) is 6.07 Å². The Labute approximate surface area is 140 Å². The number of hydrogen-bond donors (Lipinski definition) is 1. The zero-order valence-corrected chi connectivity index (χ0v) is 14.6. The highest BCUT2D eigenvalue weighted by Gasteiger charge is 2.27. The number of Topliss-reactive ketones (excluding diaryl/α,β-unsaturated/α-hetero) is 1. The third kappa shape index (κ3) is 5.53. The lowest BCUT2D eigenvalue weighted by Gasteiger charge is -2.26. The molecule has 0 fully saturated rings. The number of carbonyl (C=O) groups excluding carboxylic acids is 2. The summed E-state index contributed by atoms with van der Waals surface area (Å²) >= 11 is 5.86. The Balaban J connectivity index is 3.19. The largest absolute Gasteiger partial charge is 0.444 e. The number of amides is 1. The molecule has 1 heterocycles.